The maximum atomic E-state index is 11.7. The Kier molecular flexibility index (Phi) is 5.30. The molecule has 1 atom stereocenters. The normalized spacial score (nSPS) is 11.9. The maximum absolute atomic E-state index is 11.7. The molecule has 98 valence electrons. The van der Waals surface area contributed by atoms with Gasteiger partial charge in [0, 0.05) is 4.47 Å². The Morgan fingerprint density at radius 3 is 2.72 bits per heavy atom. The van der Waals surface area contributed by atoms with Crippen molar-refractivity contribution in [1.29, 1.82) is 0 Å². The molecule has 0 radical (unpaired) electrons. The number of amides is 1. The summed E-state index contributed by atoms with van der Waals surface area (Å²) in [6, 6.07) is 3.94. The first-order valence-electron chi connectivity index (χ1n) is 5.55. The number of carbonyl (C=O) groups is 2. The van der Waals surface area contributed by atoms with Gasteiger partial charge in [-0.15, -0.1) is 0 Å². The van der Waals surface area contributed by atoms with Gasteiger partial charge in [-0.25, -0.2) is 4.79 Å². The Hall–Kier alpha value is -1.40. The van der Waals surface area contributed by atoms with Crippen molar-refractivity contribution in [1.82, 2.24) is 0 Å². The third kappa shape index (κ3) is 3.82. The van der Waals surface area contributed by atoms with Crippen molar-refractivity contribution in [2.75, 3.05) is 5.32 Å². The van der Waals surface area contributed by atoms with E-state index in [1.165, 1.54) is 6.07 Å². The van der Waals surface area contributed by atoms with Gasteiger partial charge in [0.25, 0.3) is 0 Å². The second kappa shape index (κ2) is 6.51. The van der Waals surface area contributed by atoms with Crippen LogP contribution < -0.4 is 11.1 Å². The molecule has 0 aliphatic rings. The van der Waals surface area contributed by atoms with Crippen molar-refractivity contribution in [3.63, 3.8) is 0 Å². The van der Waals surface area contributed by atoms with Crippen LogP contribution in [-0.4, -0.2) is 23.0 Å². The lowest BCUT2D eigenvalue weighted by molar-refractivity contribution is -0.117. The monoisotopic (exact) mass is 314 g/mol. The highest BCUT2D eigenvalue weighted by Gasteiger charge is 2.16. The predicted octanol–water partition coefficient (Wildman–Crippen LogP) is 2.21. The number of halogens is 1. The lowest BCUT2D eigenvalue weighted by Crippen LogP contribution is -2.35. The van der Waals surface area contributed by atoms with E-state index in [-0.39, 0.29) is 17.2 Å². The molecule has 18 heavy (non-hydrogen) atoms. The summed E-state index contributed by atoms with van der Waals surface area (Å²) in [7, 11) is 0. The molecule has 0 saturated carbocycles. The van der Waals surface area contributed by atoms with E-state index in [1.54, 1.807) is 12.1 Å². The minimum atomic E-state index is -1.10. The van der Waals surface area contributed by atoms with Crippen molar-refractivity contribution >= 4 is 33.5 Å². The number of carboxylic acids is 1. The molecule has 0 aliphatic carbocycles. The molecule has 0 bridgehead atoms. The smallest absolute Gasteiger partial charge is 0.337 e. The largest absolute Gasteiger partial charge is 0.478 e. The van der Waals surface area contributed by atoms with Gasteiger partial charge in [-0.3, -0.25) is 4.79 Å². The van der Waals surface area contributed by atoms with Crippen molar-refractivity contribution in [2.45, 2.75) is 25.8 Å². The maximum Gasteiger partial charge on any atom is 0.337 e. The summed E-state index contributed by atoms with van der Waals surface area (Å²) < 4.78 is 0.687. The van der Waals surface area contributed by atoms with E-state index in [9.17, 15) is 9.59 Å². The molecule has 4 N–H and O–H groups in total. The fourth-order valence-corrected chi connectivity index (χ4v) is 1.83. The number of benzene rings is 1. The van der Waals surface area contributed by atoms with Crippen LogP contribution in [0.3, 0.4) is 0 Å². The first kappa shape index (κ1) is 14.7. The van der Waals surface area contributed by atoms with Crippen LogP contribution in [0.2, 0.25) is 0 Å². The summed E-state index contributed by atoms with van der Waals surface area (Å²) in [5.74, 6) is -1.47. The lowest BCUT2D eigenvalue weighted by Gasteiger charge is -2.13. The second-order valence-corrected chi connectivity index (χ2v) is 4.80. The van der Waals surface area contributed by atoms with Gasteiger partial charge in [-0.1, -0.05) is 29.3 Å². The molecule has 6 heteroatoms. The number of nitrogens with one attached hydrogen (secondary N) is 1. The fourth-order valence-electron chi connectivity index (χ4n) is 1.47. The van der Waals surface area contributed by atoms with Gasteiger partial charge in [0.2, 0.25) is 5.91 Å². The Labute approximate surface area is 113 Å². The third-order valence-electron chi connectivity index (χ3n) is 2.41. The van der Waals surface area contributed by atoms with E-state index in [0.717, 1.165) is 6.42 Å². The van der Waals surface area contributed by atoms with Crippen molar-refractivity contribution in [3.8, 4) is 0 Å². The molecule has 1 aromatic carbocycles. The average molecular weight is 315 g/mol. The molecule has 1 aromatic rings. The molecule has 1 amide bonds. The highest BCUT2D eigenvalue weighted by molar-refractivity contribution is 9.10. The van der Waals surface area contributed by atoms with Crippen molar-refractivity contribution in [3.05, 3.63) is 28.2 Å². The van der Waals surface area contributed by atoms with Crippen LogP contribution in [0.25, 0.3) is 0 Å². The third-order valence-corrected chi connectivity index (χ3v) is 2.90. The van der Waals surface area contributed by atoms with Gasteiger partial charge in [-0.2, -0.15) is 0 Å². The Morgan fingerprint density at radius 1 is 1.50 bits per heavy atom. The van der Waals surface area contributed by atoms with Crippen LogP contribution in [0.15, 0.2) is 22.7 Å². The number of nitrogens with two attached hydrogens (primary N) is 1. The molecule has 0 spiro atoms. The predicted molar refractivity (Wildman–Crippen MR) is 72.6 cm³/mol. The van der Waals surface area contributed by atoms with Gasteiger partial charge in [0.1, 0.15) is 0 Å². The average Bonchev–Trinajstić information content (AvgIpc) is 2.28. The summed E-state index contributed by atoms with van der Waals surface area (Å²) in [4.78, 5) is 22.8. The number of carboxylic acid groups (broad SMARTS) is 1. The minimum absolute atomic E-state index is 0.0373. The topological polar surface area (TPSA) is 92.4 Å². The Bertz CT molecular complexity index is 463. The quantitative estimate of drug-likeness (QED) is 0.777. The van der Waals surface area contributed by atoms with Gasteiger partial charge < -0.3 is 16.2 Å². The molecular weight excluding hydrogens is 300 g/mol. The Balaban J connectivity index is 2.92. The van der Waals surface area contributed by atoms with Gasteiger partial charge >= 0.3 is 5.97 Å². The number of aromatic carboxylic acids is 1. The SMILES string of the molecule is CCCC(N)C(=O)Nc1cc(Br)ccc1C(=O)O. The highest BCUT2D eigenvalue weighted by Crippen LogP contribution is 2.21. The summed E-state index contributed by atoms with van der Waals surface area (Å²) >= 11 is 3.23. The van der Waals surface area contributed by atoms with E-state index in [0.29, 0.717) is 10.9 Å². The van der Waals surface area contributed by atoms with Crippen LogP contribution in [0.1, 0.15) is 30.1 Å². The van der Waals surface area contributed by atoms with Crippen molar-refractivity contribution < 1.29 is 14.7 Å². The van der Waals surface area contributed by atoms with Crippen LogP contribution in [0.4, 0.5) is 5.69 Å². The molecule has 0 saturated heterocycles. The zero-order valence-corrected chi connectivity index (χ0v) is 11.5. The number of hydrogen-bond donors (Lipinski definition) is 3. The number of carbonyl (C=O) groups excluding carboxylic acids is 1. The Morgan fingerprint density at radius 2 is 2.17 bits per heavy atom. The van der Waals surface area contributed by atoms with Gasteiger partial charge in [0.15, 0.2) is 0 Å². The molecule has 5 nitrogen and oxygen atoms in total. The molecule has 0 heterocycles. The van der Waals surface area contributed by atoms with E-state index in [4.69, 9.17) is 10.8 Å². The summed E-state index contributed by atoms with van der Waals surface area (Å²) in [5.41, 5.74) is 5.95. The molecule has 0 fully saturated rings. The fraction of sp³-hybridized carbons (Fsp3) is 0.333. The molecular formula is C12H15BrN2O3. The van der Waals surface area contributed by atoms with Gasteiger partial charge in [0.05, 0.1) is 17.3 Å². The van der Waals surface area contributed by atoms with E-state index >= 15 is 0 Å². The summed E-state index contributed by atoms with van der Waals surface area (Å²) in [5, 5.41) is 11.6. The first-order chi connectivity index (χ1) is 8.45. The number of rotatable bonds is 5. The highest BCUT2D eigenvalue weighted by atomic mass is 79.9. The van der Waals surface area contributed by atoms with Gasteiger partial charge in [-0.05, 0) is 24.6 Å². The molecule has 0 aromatic heterocycles. The molecule has 1 rings (SSSR count). The second-order valence-electron chi connectivity index (χ2n) is 3.88. The first-order valence-corrected chi connectivity index (χ1v) is 6.34. The standard InChI is InChI=1S/C12H15BrN2O3/c1-2-3-9(14)11(16)15-10-6-7(13)4-5-8(10)12(17)18/h4-6,9H,2-3,14H2,1H3,(H,15,16)(H,17,18). The number of hydrogen-bond acceptors (Lipinski definition) is 3. The zero-order valence-electron chi connectivity index (χ0n) is 9.94. The number of anilines is 1. The van der Waals surface area contributed by atoms with E-state index in [1.807, 2.05) is 6.92 Å². The zero-order chi connectivity index (χ0) is 13.7. The van der Waals surface area contributed by atoms with Crippen LogP contribution in [-0.2, 0) is 4.79 Å². The van der Waals surface area contributed by atoms with E-state index in [2.05, 4.69) is 21.2 Å². The molecule has 0 aliphatic heterocycles. The summed E-state index contributed by atoms with van der Waals surface area (Å²) in [6.07, 6.45) is 1.35. The minimum Gasteiger partial charge on any atom is -0.478 e. The van der Waals surface area contributed by atoms with Crippen molar-refractivity contribution in [2.24, 2.45) is 5.73 Å². The van der Waals surface area contributed by atoms with Crippen LogP contribution in [0.5, 0.6) is 0 Å². The van der Waals surface area contributed by atoms with Crippen LogP contribution >= 0.6 is 15.9 Å². The van der Waals surface area contributed by atoms with E-state index < -0.39 is 12.0 Å². The summed E-state index contributed by atoms with van der Waals surface area (Å²) in [6.45, 7) is 1.93. The van der Waals surface area contributed by atoms with Crippen LogP contribution in [0, 0.1) is 0 Å². The molecule has 1 unspecified atom stereocenters. The lowest BCUT2D eigenvalue weighted by atomic mass is 10.1.